The van der Waals surface area contributed by atoms with Crippen LogP contribution in [0.2, 0.25) is 5.02 Å². The van der Waals surface area contributed by atoms with E-state index in [4.69, 9.17) is 16.3 Å². The number of ether oxygens (including phenoxy) is 1. The van der Waals surface area contributed by atoms with Gasteiger partial charge in [0, 0.05) is 16.9 Å². The largest absolute Gasteiger partial charge is 0.492 e. The molecule has 6 nitrogen and oxygen atoms in total. The maximum atomic E-state index is 12.6. The van der Waals surface area contributed by atoms with E-state index >= 15 is 0 Å². The number of aromatic nitrogens is 2. The zero-order chi connectivity index (χ0) is 19.2. The molecular weight excluding hydrogens is 364 g/mol. The summed E-state index contributed by atoms with van der Waals surface area (Å²) in [4.78, 5) is 21.1. The normalized spacial score (nSPS) is 10.3. The second-order valence-electron chi connectivity index (χ2n) is 5.69. The molecule has 0 aliphatic rings. The van der Waals surface area contributed by atoms with Crippen molar-refractivity contribution < 1.29 is 9.53 Å². The van der Waals surface area contributed by atoms with E-state index in [-0.39, 0.29) is 11.6 Å². The van der Waals surface area contributed by atoms with Gasteiger partial charge in [0.25, 0.3) is 5.91 Å². The molecule has 2 N–H and O–H groups in total. The molecule has 27 heavy (non-hydrogen) atoms. The summed E-state index contributed by atoms with van der Waals surface area (Å²) in [5.74, 6) is 0.567. The quantitative estimate of drug-likeness (QED) is 0.638. The maximum Gasteiger partial charge on any atom is 0.274 e. The first-order chi connectivity index (χ1) is 13.1. The molecule has 0 aliphatic carbocycles. The van der Waals surface area contributed by atoms with Crippen LogP contribution in [0.1, 0.15) is 23.0 Å². The Morgan fingerprint density at radius 1 is 1.11 bits per heavy atom. The molecule has 3 aromatic rings. The molecule has 1 amide bonds. The molecule has 0 radical (unpaired) electrons. The number of carbonyl (C=O) groups excluding carboxylic acids is 1. The van der Waals surface area contributed by atoms with Crippen LogP contribution in [-0.2, 0) is 0 Å². The van der Waals surface area contributed by atoms with E-state index in [1.165, 1.54) is 6.20 Å². The number of anilines is 3. The first-order valence-electron chi connectivity index (χ1n) is 8.47. The third-order valence-electron chi connectivity index (χ3n) is 3.84. The van der Waals surface area contributed by atoms with E-state index in [0.29, 0.717) is 29.0 Å². The number of rotatable bonds is 6. The van der Waals surface area contributed by atoms with Crippen molar-refractivity contribution >= 4 is 34.8 Å². The third kappa shape index (κ3) is 4.54. The summed E-state index contributed by atoms with van der Waals surface area (Å²) in [5, 5.41) is 6.55. The van der Waals surface area contributed by atoms with E-state index in [1.54, 1.807) is 18.2 Å². The molecule has 2 aromatic carbocycles. The van der Waals surface area contributed by atoms with E-state index < -0.39 is 0 Å². The lowest BCUT2D eigenvalue weighted by molar-refractivity contribution is 0.102. The van der Waals surface area contributed by atoms with Gasteiger partial charge in [-0.15, -0.1) is 0 Å². The van der Waals surface area contributed by atoms with Crippen LogP contribution in [0.25, 0.3) is 0 Å². The first-order valence-corrected chi connectivity index (χ1v) is 8.84. The number of nitrogens with one attached hydrogen (secondary N) is 2. The number of amides is 1. The molecule has 3 rings (SSSR count). The second-order valence-corrected chi connectivity index (χ2v) is 6.09. The van der Waals surface area contributed by atoms with E-state index in [9.17, 15) is 4.79 Å². The van der Waals surface area contributed by atoms with Crippen LogP contribution >= 0.6 is 11.6 Å². The van der Waals surface area contributed by atoms with Gasteiger partial charge in [-0.05, 0) is 49.7 Å². The fraction of sp³-hybridized carbons (Fsp3) is 0.150. The number of hydrogen-bond donors (Lipinski definition) is 2. The average Bonchev–Trinajstić information content (AvgIpc) is 2.67. The Morgan fingerprint density at radius 3 is 2.70 bits per heavy atom. The van der Waals surface area contributed by atoms with E-state index in [1.807, 2.05) is 44.2 Å². The molecule has 0 bridgehead atoms. The van der Waals surface area contributed by atoms with Gasteiger partial charge in [0.1, 0.15) is 11.4 Å². The number of hydrogen-bond acceptors (Lipinski definition) is 5. The Labute approximate surface area is 162 Å². The Hall–Kier alpha value is -3.12. The van der Waals surface area contributed by atoms with E-state index in [0.717, 1.165) is 11.3 Å². The minimum absolute atomic E-state index is 0.235. The highest BCUT2D eigenvalue weighted by atomic mass is 35.5. The molecule has 1 aromatic heterocycles. The van der Waals surface area contributed by atoms with Crippen LogP contribution in [0.4, 0.5) is 17.3 Å². The van der Waals surface area contributed by atoms with Gasteiger partial charge in [0.2, 0.25) is 5.95 Å². The highest BCUT2D eigenvalue weighted by Gasteiger charge is 2.12. The first kappa shape index (κ1) is 18.7. The lowest BCUT2D eigenvalue weighted by atomic mass is 10.2. The van der Waals surface area contributed by atoms with Crippen molar-refractivity contribution in [1.82, 2.24) is 9.97 Å². The molecule has 0 saturated heterocycles. The number of benzene rings is 2. The predicted octanol–water partition coefficient (Wildman–Crippen LogP) is 4.83. The van der Waals surface area contributed by atoms with Crippen molar-refractivity contribution in [2.75, 3.05) is 17.2 Å². The molecule has 0 atom stereocenters. The summed E-state index contributed by atoms with van der Waals surface area (Å²) in [5.41, 5.74) is 2.48. The number of nitrogens with zero attached hydrogens (tertiary/aromatic N) is 2. The van der Waals surface area contributed by atoms with Crippen molar-refractivity contribution in [2.45, 2.75) is 13.8 Å². The topological polar surface area (TPSA) is 76.1 Å². The van der Waals surface area contributed by atoms with Gasteiger partial charge < -0.3 is 15.4 Å². The van der Waals surface area contributed by atoms with Crippen molar-refractivity contribution in [2.24, 2.45) is 0 Å². The van der Waals surface area contributed by atoms with Gasteiger partial charge in [-0.3, -0.25) is 4.79 Å². The fourth-order valence-corrected chi connectivity index (χ4v) is 2.62. The van der Waals surface area contributed by atoms with Crippen LogP contribution in [-0.4, -0.2) is 22.5 Å². The Kier molecular flexibility index (Phi) is 5.88. The second kappa shape index (κ2) is 8.51. The van der Waals surface area contributed by atoms with Crippen LogP contribution in [0.15, 0.2) is 54.7 Å². The Bertz CT molecular complexity index is 962. The van der Waals surface area contributed by atoms with Crippen molar-refractivity contribution in [1.29, 1.82) is 0 Å². The summed E-state index contributed by atoms with van der Waals surface area (Å²) in [7, 11) is 0. The van der Waals surface area contributed by atoms with Crippen LogP contribution < -0.4 is 15.4 Å². The van der Waals surface area contributed by atoms with Gasteiger partial charge in [0.05, 0.1) is 12.3 Å². The monoisotopic (exact) mass is 382 g/mol. The average molecular weight is 383 g/mol. The molecule has 0 fully saturated rings. The number of para-hydroxylation sites is 2. The SMILES string of the molecule is CCOc1ccccc1NC(=O)c1ccnc(Nc2cccc(Cl)c2C)n1. The molecule has 138 valence electrons. The third-order valence-corrected chi connectivity index (χ3v) is 4.25. The summed E-state index contributed by atoms with van der Waals surface area (Å²) in [6.07, 6.45) is 1.53. The zero-order valence-electron chi connectivity index (χ0n) is 15.0. The minimum atomic E-state index is -0.351. The Morgan fingerprint density at radius 2 is 1.89 bits per heavy atom. The highest BCUT2D eigenvalue weighted by Crippen LogP contribution is 2.26. The van der Waals surface area contributed by atoms with Crippen LogP contribution in [0.5, 0.6) is 5.75 Å². The maximum absolute atomic E-state index is 12.6. The molecule has 7 heteroatoms. The summed E-state index contributed by atoms with van der Waals surface area (Å²) in [6.45, 7) is 4.29. The van der Waals surface area contributed by atoms with Crippen molar-refractivity contribution in [3.05, 3.63) is 71.0 Å². The van der Waals surface area contributed by atoms with Crippen molar-refractivity contribution in [3.8, 4) is 5.75 Å². The molecule has 0 saturated carbocycles. The molecule has 0 spiro atoms. The molecule has 0 aliphatic heterocycles. The van der Waals surface area contributed by atoms with Crippen LogP contribution in [0.3, 0.4) is 0 Å². The minimum Gasteiger partial charge on any atom is -0.492 e. The standard InChI is InChI=1S/C20H19ClN4O2/c1-3-27-18-10-5-4-8-16(18)23-19(26)17-11-12-22-20(25-17)24-15-9-6-7-14(21)13(15)2/h4-12H,3H2,1-2H3,(H,23,26)(H,22,24,25). The lowest BCUT2D eigenvalue weighted by Crippen LogP contribution is -2.15. The van der Waals surface area contributed by atoms with Crippen molar-refractivity contribution in [3.63, 3.8) is 0 Å². The fourth-order valence-electron chi connectivity index (χ4n) is 2.45. The molecule has 1 heterocycles. The summed E-state index contributed by atoms with van der Waals surface area (Å²) in [6, 6.07) is 14.3. The molecule has 0 unspecified atom stereocenters. The van der Waals surface area contributed by atoms with Gasteiger partial charge in [-0.25, -0.2) is 9.97 Å². The van der Waals surface area contributed by atoms with Crippen LogP contribution in [0, 0.1) is 6.92 Å². The number of carbonyl (C=O) groups is 1. The Balaban J connectivity index is 1.79. The van der Waals surface area contributed by atoms with Gasteiger partial charge in [0.15, 0.2) is 0 Å². The van der Waals surface area contributed by atoms with E-state index in [2.05, 4.69) is 20.6 Å². The van der Waals surface area contributed by atoms with Gasteiger partial charge in [-0.2, -0.15) is 0 Å². The van der Waals surface area contributed by atoms with Gasteiger partial charge >= 0.3 is 0 Å². The lowest BCUT2D eigenvalue weighted by Gasteiger charge is -2.12. The smallest absolute Gasteiger partial charge is 0.274 e. The number of halogens is 1. The van der Waals surface area contributed by atoms with Gasteiger partial charge in [-0.1, -0.05) is 29.8 Å². The summed E-state index contributed by atoms with van der Waals surface area (Å²) >= 11 is 6.14. The molecular formula is C20H19ClN4O2. The highest BCUT2D eigenvalue weighted by molar-refractivity contribution is 6.31. The summed E-state index contributed by atoms with van der Waals surface area (Å²) < 4.78 is 5.53. The zero-order valence-corrected chi connectivity index (χ0v) is 15.7. The predicted molar refractivity (Wildman–Crippen MR) is 107 cm³/mol.